The summed E-state index contributed by atoms with van der Waals surface area (Å²) in [5.41, 5.74) is 0.524. The Morgan fingerprint density at radius 1 is 1.10 bits per heavy atom. The second kappa shape index (κ2) is 9.25. The lowest BCUT2D eigenvalue weighted by atomic mass is 10.3. The van der Waals surface area contributed by atoms with Crippen LogP contribution >= 0.6 is 11.8 Å². The van der Waals surface area contributed by atoms with Crippen LogP contribution in [0.1, 0.15) is 16.3 Å². The minimum Gasteiger partial charge on any atom is -0.455 e. The maximum atomic E-state index is 13.0. The third-order valence-corrected chi connectivity index (χ3v) is 6.02. The largest absolute Gasteiger partial charge is 0.455 e. The fraction of sp³-hybridized carbons (Fsp3) is 0.286. The summed E-state index contributed by atoms with van der Waals surface area (Å²) in [4.78, 5) is 32.7. The normalized spacial score (nSPS) is 14.0. The first kappa shape index (κ1) is 21.0. The van der Waals surface area contributed by atoms with Crippen LogP contribution in [-0.2, 0) is 12.8 Å². The zero-order valence-corrected chi connectivity index (χ0v) is 17.8. The van der Waals surface area contributed by atoms with E-state index in [0.29, 0.717) is 49.1 Å². The molecule has 1 N–H and O–H groups in total. The molecule has 1 aliphatic heterocycles. The summed E-state index contributed by atoms with van der Waals surface area (Å²) < 4.78 is 20.6. The molecule has 3 aromatic rings. The lowest BCUT2D eigenvalue weighted by molar-refractivity contribution is 0.0639. The highest BCUT2D eigenvalue weighted by atomic mass is 32.2. The van der Waals surface area contributed by atoms with Gasteiger partial charge in [0.15, 0.2) is 10.9 Å². The average Bonchev–Trinajstić information content (AvgIpc) is 3.42. The Bertz CT molecular complexity index is 1060. The lowest BCUT2D eigenvalue weighted by Gasteiger charge is -2.34. The van der Waals surface area contributed by atoms with E-state index in [1.54, 1.807) is 28.1 Å². The van der Waals surface area contributed by atoms with E-state index in [-0.39, 0.29) is 17.8 Å². The topological polar surface area (TPSA) is 83.6 Å². The molecule has 8 nitrogen and oxygen atoms in total. The summed E-state index contributed by atoms with van der Waals surface area (Å²) in [6, 6.07) is 8.81. The number of anilines is 1. The van der Waals surface area contributed by atoms with Gasteiger partial charge in [-0.05, 0) is 36.4 Å². The molecule has 3 amide bonds. The Morgan fingerprint density at radius 2 is 1.81 bits per heavy atom. The van der Waals surface area contributed by atoms with Crippen LogP contribution in [0.15, 0.2) is 58.4 Å². The molecule has 0 unspecified atom stereocenters. The second-order valence-corrected chi connectivity index (χ2v) is 8.03. The van der Waals surface area contributed by atoms with E-state index in [1.165, 1.54) is 36.0 Å². The summed E-state index contributed by atoms with van der Waals surface area (Å²) in [5.74, 6) is 1.02. The maximum Gasteiger partial charge on any atom is 0.321 e. The molecule has 1 aliphatic rings. The number of furan rings is 1. The number of piperazine rings is 1. The number of urea groups is 1. The second-order valence-electron chi connectivity index (χ2n) is 7.09. The number of carbonyl (C=O) groups excluding carboxylic acids is 2. The van der Waals surface area contributed by atoms with Gasteiger partial charge in [-0.2, -0.15) is 0 Å². The average molecular weight is 444 g/mol. The van der Waals surface area contributed by atoms with Crippen LogP contribution in [0, 0.1) is 5.82 Å². The van der Waals surface area contributed by atoms with Gasteiger partial charge in [0, 0.05) is 51.3 Å². The Labute approximate surface area is 183 Å². The Morgan fingerprint density at radius 3 is 2.48 bits per heavy atom. The smallest absolute Gasteiger partial charge is 0.321 e. The van der Waals surface area contributed by atoms with E-state index in [2.05, 4.69) is 10.3 Å². The number of amides is 3. The molecule has 4 rings (SSSR count). The highest BCUT2D eigenvalue weighted by Crippen LogP contribution is 2.22. The van der Waals surface area contributed by atoms with Crippen LogP contribution in [0.5, 0.6) is 0 Å². The van der Waals surface area contributed by atoms with E-state index in [0.717, 1.165) is 5.16 Å². The van der Waals surface area contributed by atoms with Crippen molar-refractivity contribution in [1.82, 2.24) is 19.4 Å². The van der Waals surface area contributed by atoms with Gasteiger partial charge >= 0.3 is 6.03 Å². The molecule has 3 heterocycles. The first-order valence-electron chi connectivity index (χ1n) is 9.79. The van der Waals surface area contributed by atoms with E-state index in [4.69, 9.17) is 4.42 Å². The molecule has 31 heavy (non-hydrogen) atoms. The number of rotatable bonds is 5. The lowest BCUT2D eigenvalue weighted by Crippen LogP contribution is -2.51. The number of nitrogens with zero attached hydrogens (tertiary/aromatic N) is 4. The fourth-order valence-corrected chi connectivity index (χ4v) is 4.03. The summed E-state index contributed by atoms with van der Waals surface area (Å²) >= 11 is 1.53. The molecule has 0 radical (unpaired) electrons. The number of aromatic nitrogens is 2. The Balaban J connectivity index is 1.27. The number of thioether (sulfide) groups is 1. The highest BCUT2D eigenvalue weighted by Gasteiger charge is 2.26. The van der Waals surface area contributed by atoms with Crippen molar-refractivity contribution in [3.8, 4) is 0 Å². The van der Waals surface area contributed by atoms with E-state index >= 15 is 0 Å². The van der Waals surface area contributed by atoms with Gasteiger partial charge in [-0.1, -0.05) is 11.8 Å². The van der Waals surface area contributed by atoms with Crippen molar-refractivity contribution in [3.63, 3.8) is 0 Å². The molecule has 162 valence electrons. The molecular weight excluding hydrogens is 421 g/mol. The van der Waals surface area contributed by atoms with Gasteiger partial charge in [0.25, 0.3) is 5.91 Å². The summed E-state index contributed by atoms with van der Waals surface area (Å²) in [6.45, 7) is 1.63. The third-order valence-electron chi connectivity index (χ3n) is 4.94. The SMILES string of the molecule is Cn1ccnc1SCc1ccc(C(=O)N2CCN(C(=O)Nc3ccc(F)cc3)CC2)o1. The zero-order chi connectivity index (χ0) is 21.8. The van der Waals surface area contributed by atoms with E-state index in [1.807, 2.05) is 17.8 Å². The number of hydrogen-bond acceptors (Lipinski definition) is 5. The molecule has 2 aromatic heterocycles. The number of benzene rings is 1. The highest BCUT2D eigenvalue weighted by molar-refractivity contribution is 7.98. The van der Waals surface area contributed by atoms with E-state index < -0.39 is 0 Å². The summed E-state index contributed by atoms with van der Waals surface area (Å²) in [5, 5.41) is 3.61. The minimum absolute atomic E-state index is 0.188. The molecule has 1 fully saturated rings. The first-order chi connectivity index (χ1) is 15.0. The van der Waals surface area contributed by atoms with Gasteiger partial charge < -0.3 is 24.1 Å². The number of hydrogen-bond donors (Lipinski definition) is 1. The third kappa shape index (κ3) is 5.08. The quantitative estimate of drug-likeness (QED) is 0.611. The van der Waals surface area contributed by atoms with Crippen LogP contribution in [0.25, 0.3) is 0 Å². The molecule has 0 spiro atoms. The van der Waals surface area contributed by atoms with Crippen LogP contribution in [0.4, 0.5) is 14.9 Å². The van der Waals surface area contributed by atoms with Crippen molar-refractivity contribution in [2.24, 2.45) is 7.05 Å². The summed E-state index contributed by atoms with van der Waals surface area (Å²) in [7, 11) is 1.92. The van der Waals surface area contributed by atoms with Crippen LogP contribution in [0.2, 0.25) is 0 Å². The van der Waals surface area contributed by atoms with Gasteiger partial charge in [-0.25, -0.2) is 14.2 Å². The van der Waals surface area contributed by atoms with Crippen molar-refractivity contribution in [3.05, 3.63) is 66.1 Å². The van der Waals surface area contributed by atoms with Crippen LogP contribution in [-0.4, -0.2) is 57.5 Å². The standard InChI is InChI=1S/C21H22FN5O3S/c1-25-9-8-23-21(25)31-14-17-6-7-18(30-17)19(28)26-10-12-27(13-11-26)20(29)24-16-4-2-15(22)3-5-16/h2-9H,10-14H2,1H3,(H,24,29). The van der Waals surface area contributed by atoms with Gasteiger partial charge in [-0.15, -0.1) is 0 Å². The molecule has 0 atom stereocenters. The van der Waals surface area contributed by atoms with Gasteiger partial charge in [0.2, 0.25) is 0 Å². The maximum absolute atomic E-state index is 13.0. The summed E-state index contributed by atoms with van der Waals surface area (Å²) in [6.07, 6.45) is 3.61. The molecule has 10 heteroatoms. The van der Waals surface area contributed by atoms with E-state index in [9.17, 15) is 14.0 Å². The van der Waals surface area contributed by atoms with Gasteiger partial charge in [-0.3, -0.25) is 4.79 Å². The zero-order valence-electron chi connectivity index (χ0n) is 17.0. The molecule has 0 saturated carbocycles. The van der Waals surface area contributed by atoms with Crippen LogP contribution in [0.3, 0.4) is 0 Å². The predicted octanol–water partition coefficient (Wildman–Crippen LogP) is 3.43. The van der Waals surface area contributed by atoms with Crippen molar-refractivity contribution in [1.29, 1.82) is 0 Å². The number of carbonyl (C=O) groups is 2. The van der Waals surface area contributed by atoms with Gasteiger partial charge in [0.1, 0.15) is 11.6 Å². The van der Waals surface area contributed by atoms with Crippen molar-refractivity contribution in [2.45, 2.75) is 10.9 Å². The molecule has 1 saturated heterocycles. The van der Waals surface area contributed by atoms with Crippen molar-refractivity contribution in [2.75, 3.05) is 31.5 Å². The molecule has 0 aliphatic carbocycles. The van der Waals surface area contributed by atoms with Crippen LogP contribution < -0.4 is 5.32 Å². The number of aryl methyl sites for hydroxylation is 1. The first-order valence-corrected chi connectivity index (χ1v) is 10.8. The number of imidazole rings is 1. The predicted molar refractivity (Wildman–Crippen MR) is 114 cm³/mol. The minimum atomic E-state index is -0.360. The molecule has 0 bridgehead atoms. The monoisotopic (exact) mass is 443 g/mol. The Hall–Kier alpha value is -3.27. The van der Waals surface area contributed by atoms with Crippen molar-refractivity contribution >= 4 is 29.4 Å². The Kier molecular flexibility index (Phi) is 6.26. The fourth-order valence-electron chi connectivity index (χ4n) is 3.20. The molecule has 1 aromatic carbocycles. The van der Waals surface area contributed by atoms with Crippen molar-refractivity contribution < 1.29 is 18.4 Å². The number of nitrogens with one attached hydrogen (secondary N) is 1. The molecular formula is C21H22FN5O3S. The van der Waals surface area contributed by atoms with Gasteiger partial charge in [0.05, 0.1) is 5.75 Å². The number of halogens is 1.